The fraction of sp³-hybridized carbons (Fsp3) is 0.667. The summed E-state index contributed by atoms with van der Waals surface area (Å²) in [7, 11) is 0. The summed E-state index contributed by atoms with van der Waals surface area (Å²) in [6.07, 6.45) is 6.98. The minimum atomic E-state index is 0.647. The summed E-state index contributed by atoms with van der Waals surface area (Å²) in [6.45, 7) is 5.79. The van der Waals surface area contributed by atoms with Gasteiger partial charge in [-0.2, -0.15) is 0 Å². The number of rotatable bonds is 6. The lowest BCUT2D eigenvalue weighted by atomic mass is 9.70. The molecule has 1 nitrogen and oxygen atoms in total. The second-order valence-electron chi connectivity index (χ2n) is 6.88. The maximum absolute atomic E-state index is 3.70. The zero-order valence-electron chi connectivity index (χ0n) is 12.4. The van der Waals surface area contributed by atoms with Gasteiger partial charge in [-0.05, 0) is 67.5 Å². The van der Waals surface area contributed by atoms with E-state index in [0.29, 0.717) is 5.92 Å². The Hall–Kier alpha value is -0.820. The molecule has 0 radical (unpaired) electrons. The predicted molar refractivity (Wildman–Crippen MR) is 81.5 cm³/mol. The quantitative estimate of drug-likeness (QED) is 0.808. The third-order valence-electron chi connectivity index (χ3n) is 4.97. The second-order valence-corrected chi connectivity index (χ2v) is 6.88. The highest BCUT2D eigenvalue weighted by Gasteiger charge is 2.32. The van der Waals surface area contributed by atoms with Crippen molar-refractivity contribution in [3.8, 4) is 0 Å². The van der Waals surface area contributed by atoms with Gasteiger partial charge in [-0.25, -0.2) is 0 Å². The van der Waals surface area contributed by atoms with Crippen LogP contribution in [0.4, 0.5) is 0 Å². The Bertz CT molecular complexity index is 402. The molecule has 2 aliphatic rings. The average Bonchev–Trinajstić information content (AvgIpc) is 3.19. The molecule has 104 valence electrons. The molecule has 1 aromatic carbocycles. The minimum absolute atomic E-state index is 0.647. The van der Waals surface area contributed by atoms with E-state index in [4.69, 9.17) is 0 Å². The van der Waals surface area contributed by atoms with Crippen molar-refractivity contribution >= 4 is 0 Å². The molecule has 0 bridgehead atoms. The summed E-state index contributed by atoms with van der Waals surface area (Å²) >= 11 is 0. The van der Waals surface area contributed by atoms with Gasteiger partial charge in [-0.1, -0.05) is 38.1 Å². The number of hydrogen-bond acceptors (Lipinski definition) is 1. The maximum atomic E-state index is 3.70. The summed E-state index contributed by atoms with van der Waals surface area (Å²) in [4.78, 5) is 0. The molecule has 19 heavy (non-hydrogen) atoms. The van der Waals surface area contributed by atoms with Crippen LogP contribution in [0, 0.1) is 11.8 Å². The lowest BCUT2D eigenvalue weighted by Crippen LogP contribution is -2.37. The lowest BCUT2D eigenvalue weighted by Gasteiger charge is -2.37. The Morgan fingerprint density at radius 1 is 1.00 bits per heavy atom. The third kappa shape index (κ3) is 3.39. The molecule has 2 saturated carbocycles. The Labute approximate surface area is 117 Å². The minimum Gasteiger partial charge on any atom is -0.314 e. The Morgan fingerprint density at radius 2 is 1.68 bits per heavy atom. The fourth-order valence-corrected chi connectivity index (χ4v) is 3.12. The number of nitrogens with one attached hydrogen (secondary N) is 1. The van der Waals surface area contributed by atoms with Crippen molar-refractivity contribution in [3.63, 3.8) is 0 Å². The fourth-order valence-electron chi connectivity index (χ4n) is 3.12. The predicted octanol–water partition coefficient (Wildman–Crippen LogP) is 4.13. The molecule has 0 saturated heterocycles. The highest BCUT2D eigenvalue weighted by molar-refractivity contribution is 5.25. The Kier molecular flexibility index (Phi) is 3.93. The van der Waals surface area contributed by atoms with Gasteiger partial charge in [0.2, 0.25) is 0 Å². The van der Waals surface area contributed by atoms with Gasteiger partial charge >= 0.3 is 0 Å². The summed E-state index contributed by atoms with van der Waals surface area (Å²) in [5.74, 6) is 2.51. The zero-order valence-corrected chi connectivity index (χ0v) is 12.4. The first-order valence-corrected chi connectivity index (χ1v) is 8.04. The van der Waals surface area contributed by atoms with E-state index in [0.717, 1.165) is 17.9 Å². The van der Waals surface area contributed by atoms with Gasteiger partial charge in [0, 0.05) is 6.04 Å². The monoisotopic (exact) mass is 257 g/mol. The van der Waals surface area contributed by atoms with Crippen molar-refractivity contribution in [2.24, 2.45) is 11.8 Å². The van der Waals surface area contributed by atoms with Crippen LogP contribution in [0.15, 0.2) is 24.3 Å². The van der Waals surface area contributed by atoms with E-state index >= 15 is 0 Å². The molecule has 0 amide bonds. The SMILES string of the molecule is CC(C)c1ccc(CC2CCC2CNC2CC2)cc1. The van der Waals surface area contributed by atoms with Crippen molar-refractivity contribution in [1.29, 1.82) is 0 Å². The van der Waals surface area contributed by atoms with Crippen molar-refractivity contribution in [1.82, 2.24) is 5.32 Å². The first-order chi connectivity index (χ1) is 9.22. The molecular formula is C18H27N. The smallest absolute Gasteiger partial charge is 0.00683 e. The van der Waals surface area contributed by atoms with Crippen molar-refractivity contribution < 1.29 is 0 Å². The van der Waals surface area contributed by atoms with Crippen LogP contribution in [0.3, 0.4) is 0 Å². The highest BCUT2D eigenvalue weighted by atomic mass is 14.9. The van der Waals surface area contributed by atoms with Gasteiger partial charge in [0.15, 0.2) is 0 Å². The van der Waals surface area contributed by atoms with Crippen LogP contribution in [0.5, 0.6) is 0 Å². The Balaban J connectivity index is 1.49. The van der Waals surface area contributed by atoms with Crippen molar-refractivity contribution in [2.75, 3.05) is 6.54 Å². The molecule has 0 aliphatic heterocycles. The van der Waals surface area contributed by atoms with Crippen molar-refractivity contribution in [2.45, 2.75) is 57.9 Å². The van der Waals surface area contributed by atoms with E-state index in [1.807, 2.05) is 0 Å². The van der Waals surface area contributed by atoms with Crippen LogP contribution in [-0.4, -0.2) is 12.6 Å². The molecule has 1 N–H and O–H groups in total. The molecule has 0 heterocycles. The molecule has 2 fully saturated rings. The van der Waals surface area contributed by atoms with Crippen LogP contribution in [0.1, 0.15) is 56.6 Å². The third-order valence-corrected chi connectivity index (χ3v) is 4.97. The molecule has 0 spiro atoms. The van der Waals surface area contributed by atoms with Gasteiger partial charge < -0.3 is 5.32 Å². The maximum Gasteiger partial charge on any atom is 0.00683 e. The molecule has 1 aromatic rings. The number of hydrogen-bond donors (Lipinski definition) is 1. The van der Waals surface area contributed by atoms with Crippen LogP contribution >= 0.6 is 0 Å². The molecule has 3 rings (SSSR count). The van der Waals surface area contributed by atoms with Gasteiger partial charge in [-0.15, -0.1) is 0 Å². The molecule has 1 heteroatoms. The molecule has 0 aromatic heterocycles. The van der Waals surface area contributed by atoms with Crippen LogP contribution in [0.25, 0.3) is 0 Å². The average molecular weight is 257 g/mol. The van der Waals surface area contributed by atoms with Gasteiger partial charge in [0.1, 0.15) is 0 Å². The summed E-state index contributed by atoms with van der Waals surface area (Å²) in [5, 5.41) is 3.70. The summed E-state index contributed by atoms with van der Waals surface area (Å²) in [6, 6.07) is 10.2. The van der Waals surface area contributed by atoms with E-state index in [9.17, 15) is 0 Å². The van der Waals surface area contributed by atoms with Gasteiger partial charge in [0.05, 0.1) is 0 Å². The molecule has 2 unspecified atom stereocenters. The van der Waals surface area contributed by atoms with E-state index in [1.165, 1.54) is 49.8 Å². The van der Waals surface area contributed by atoms with Crippen LogP contribution in [-0.2, 0) is 6.42 Å². The molecular weight excluding hydrogens is 230 g/mol. The van der Waals surface area contributed by atoms with Crippen LogP contribution in [0.2, 0.25) is 0 Å². The first kappa shape index (κ1) is 13.2. The van der Waals surface area contributed by atoms with Crippen LogP contribution < -0.4 is 5.32 Å². The normalized spacial score (nSPS) is 26.5. The lowest BCUT2D eigenvalue weighted by molar-refractivity contribution is 0.170. The number of benzene rings is 1. The summed E-state index contributed by atoms with van der Waals surface area (Å²) in [5.41, 5.74) is 3.00. The molecule has 2 atom stereocenters. The van der Waals surface area contributed by atoms with E-state index in [1.54, 1.807) is 0 Å². The van der Waals surface area contributed by atoms with Gasteiger partial charge in [0.25, 0.3) is 0 Å². The summed E-state index contributed by atoms with van der Waals surface area (Å²) < 4.78 is 0. The largest absolute Gasteiger partial charge is 0.314 e. The van der Waals surface area contributed by atoms with Gasteiger partial charge in [-0.3, -0.25) is 0 Å². The van der Waals surface area contributed by atoms with E-state index < -0.39 is 0 Å². The Morgan fingerprint density at radius 3 is 2.21 bits per heavy atom. The first-order valence-electron chi connectivity index (χ1n) is 8.04. The van der Waals surface area contributed by atoms with E-state index in [2.05, 4.69) is 43.4 Å². The second kappa shape index (κ2) is 5.66. The topological polar surface area (TPSA) is 12.0 Å². The van der Waals surface area contributed by atoms with Crippen molar-refractivity contribution in [3.05, 3.63) is 35.4 Å². The zero-order chi connectivity index (χ0) is 13.2. The highest BCUT2D eigenvalue weighted by Crippen LogP contribution is 2.37. The standard InChI is InChI=1S/C18H27N/c1-13(2)15-5-3-14(4-6-15)11-16-7-8-17(16)12-19-18-9-10-18/h3-6,13,16-19H,7-12H2,1-2H3. The molecule has 2 aliphatic carbocycles. The van der Waals surface area contributed by atoms with E-state index in [-0.39, 0.29) is 0 Å².